The minimum absolute atomic E-state index is 0.154. The smallest absolute Gasteiger partial charge is 0.267 e. The second-order valence-corrected chi connectivity index (χ2v) is 11.0. The van der Waals surface area contributed by atoms with Crippen molar-refractivity contribution in [2.24, 2.45) is 0 Å². The number of amides is 1. The molecule has 2 aromatic heterocycles. The highest BCUT2D eigenvalue weighted by Gasteiger charge is 2.32. The molecule has 11 heteroatoms. The molecule has 6 rings (SSSR count). The minimum atomic E-state index is -0.200. The van der Waals surface area contributed by atoms with E-state index in [-0.39, 0.29) is 18.3 Å². The number of thioether (sulfide) groups is 1. The summed E-state index contributed by atoms with van der Waals surface area (Å²) in [4.78, 5) is 38.1. The molecule has 1 aromatic carbocycles. The molecule has 3 aliphatic heterocycles. The summed E-state index contributed by atoms with van der Waals surface area (Å²) >= 11 is 6.68. The third-order valence-corrected chi connectivity index (χ3v) is 8.24. The molecule has 0 saturated carbocycles. The summed E-state index contributed by atoms with van der Waals surface area (Å²) in [6.07, 6.45) is 4.19. The van der Waals surface area contributed by atoms with E-state index >= 15 is 0 Å². The number of thiocarbonyl (C=S) groups is 1. The number of aromatic nitrogens is 2. The molecule has 0 bridgehead atoms. The summed E-state index contributed by atoms with van der Waals surface area (Å²) in [5, 5.41) is 0. The molecule has 0 unspecified atom stereocenters. The Morgan fingerprint density at radius 2 is 1.89 bits per heavy atom. The van der Waals surface area contributed by atoms with Crippen molar-refractivity contribution in [3.05, 3.63) is 69.0 Å². The SMILES string of the molecule is CCCN1C(=O)C(=Cc2c(N3CCN(Cc4ccc5c(c4)OCO5)CC3)nc3ccccn3c2=O)SC1=S. The summed E-state index contributed by atoms with van der Waals surface area (Å²) in [6, 6.07) is 11.5. The van der Waals surface area contributed by atoms with Gasteiger partial charge in [-0.1, -0.05) is 43.0 Å². The van der Waals surface area contributed by atoms with Crippen LogP contribution in [0.25, 0.3) is 11.7 Å². The third kappa shape index (κ3) is 4.65. The summed E-state index contributed by atoms with van der Waals surface area (Å²) in [5.74, 6) is 2.02. The number of ether oxygens (including phenoxy) is 2. The van der Waals surface area contributed by atoms with Crippen molar-refractivity contribution >= 4 is 51.7 Å². The number of rotatable bonds is 6. The third-order valence-electron chi connectivity index (χ3n) is 6.86. The zero-order valence-corrected chi connectivity index (χ0v) is 22.6. The van der Waals surface area contributed by atoms with Crippen LogP contribution in [0.4, 0.5) is 5.82 Å². The zero-order valence-electron chi connectivity index (χ0n) is 21.0. The summed E-state index contributed by atoms with van der Waals surface area (Å²) in [7, 11) is 0. The van der Waals surface area contributed by atoms with Crippen LogP contribution in [0.3, 0.4) is 0 Å². The number of pyridine rings is 1. The van der Waals surface area contributed by atoms with E-state index in [0.717, 1.165) is 37.6 Å². The maximum absolute atomic E-state index is 13.6. The lowest BCUT2D eigenvalue weighted by Crippen LogP contribution is -2.47. The van der Waals surface area contributed by atoms with Crippen molar-refractivity contribution in [2.45, 2.75) is 19.9 Å². The van der Waals surface area contributed by atoms with Gasteiger partial charge in [0.2, 0.25) is 6.79 Å². The van der Waals surface area contributed by atoms with E-state index in [1.54, 1.807) is 23.2 Å². The number of carbonyl (C=O) groups is 1. The average Bonchev–Trinajstić information content (AvgIpc) is 3.50. The normalized spacial score (nSPS) is 18.8. The van der Waals surface area contributed by atoms with Crippen LogP contribution < -0.4 is 19.9 Å². The van der Waals surface area contributed by atoms with Crippen molar-refractivity contribution in [1.82, 2.24) is 19.2 Å². The van der Waals surface area contributed by atoms with E-state index in [4.69, 9.17) is 26.7 Å². The summed E-state index contributed by atoms with van der Waals surface area (Å²) < 4.78 is 13.0. The topological polar surface area (TPSA) is 79.6 Å². The van der Waals surface area contributed by atoms with Gasteiger partial charge in [-0.05, 0) is 42.3 Å². The molecule has 0 aliphatic carbocycles. The monoisotopic (exact) mass is 549 g/mol. The van der Waals surface area contributed by atoms with Gasteiger partial charge in [0.05, 0.1) is 10.5 Å². The van der Waals surface area contributed by atoms with Crippen LogP contribution in [0.1, 0.15) is 24.5 Å². The van der Waals surface area contributed by atoms with Crippen molar-refractivity contribution in [3.8, 4) is 11.5 Å². The Labute approximate surface area is 229 Å². The molecule has 0 spiro atoms. The molecule has 0 radical (unpaired) electrons. The van der Waals surface area contributed by atoms with Crippen molar-refractivity contribution in [3.63, 3.8) is 0 Å². The van der Waals surface area contributed by atoms with Crippen LogP contribution in [0, 0.1) is 0 Å². The molecule has 5 heterocycles. The summed E-state index contributed by atoms with van der Waals surface area (Å²) in [5.41, 5.74) is 1.95. The predicted octanol–water partition coefficient (Wildman–Crippen LogP) is 3.36. The highest BCUT2D eigenvalue weighted by Crippen LogP contribution is 2.34. The van der Waals surface area contributed by atoms with E-state index in [1.807, 2.05) is 31.2 Å². The second kappa shape index (κ2) is 10.4. The van der Waals surface area contributed by atoms with Crippen LogP contribution in [0.5, 0.6) is 11.5 Å². The van der Waals surface area contributed by atoms with Crippen molar-refractivity contribution in [2.75, 3.05) is 44.4 Å². The van der Waals surface area contributed by atoms with E-state index < -0.39 is 0 Å². The maximum Gasteiger partial charge on any atom is 0.267 e. The first-order chi connectivity index (χ1) is 18.5. The molecule has 196 valence electrons. The fourth-order valence-corrected chi connectivity index (χ4v) is 6.21. The van der Waals surface area contributed by atoms with E-state index in [2.05, 4.69) is 15.9 Å². The Morgan fingerprint density at radius 3 is 2.71 bits per heavy atom. The van der Waals surface area contributed by atoms with Crippen LogP contribution in [-0.2, 0) is 11.3 Å². The molecule has 3 aromatic rings. The fraction of sp³-hybridized carbons (Fsp3) is 0.333. The number of fused-ring (bicyclic) bond motifs is 2. The molecule has 0 N–H and O–H groups in total. The van der Waals surface area contributed by atoms with Crippen LogP contribution in [0.2, 0.25) is 0 Å². The highest BCUT2D eigenvalue weighted by atomic mass is 32.2. The largest absolute Gasteiger partial charge is 0.454 e. The van der Waals surface area contributed by atoms with Gasteiger partial charge in [0, 0.05) is 45.5 Å². The van der Waals surface area contributed by atoms with Gasteiger partial charge in [0.15, 0.2) is 11.5 Å². The summed E-state index contributed by atoms with van der Waals surface area (Å²) in [6.45, 7) is 6.66. The number of benzene rings is 1. The van der Waals surface area contributed by atoms with Gasteiger partial charge in [0.25, 0.3) is 11.5 Å². The molecule has 2 saturated heterocycles. The first-order valence-electron chi connectivity index (χ1n) is 12.6. The van der Waals surface area contributed by atoms with Gasteiger partial charge in [-0.2, -0.15) is 0 Å². The molecule has 9 nitrogen and oxygen atoms in total. The van der Waals surface area contributed by atoms with Gasteiger partial charge in [-0.3, -0.25) is 23.8 Å². The van der Waals surface area contributed by atoms with E-state index in [9.17, 15) is 9.59 Å². The van der Waals surface area contributed by atoms with E-state index in [0.29, 0.717) is 45.9 Å². The Balaban J connectivity index is 1.27. The van der Waals surface area contributed by atoms with E-state index in [1.165, 1.54) is 21.7 Å². The quantitative estimate of drug-likeness (QED) is 0.340. The molecule has 3 aliphatic rings. The minimum Gasteiger partial charge on any atom is -0.454 e. The number of hydrogen-bond acceptors (Lipinski definition) is 9. The molecule has 0 atom stereocenters. The molecular formula is C27H27N5O4S2. The van der Waals surface area contributed by atoms with Crippen LogP contribution in [-0.4, -0.2) is 68.9 Å². The number of hydrogen-bond donors (Lipinski definition) is 0. The number of nitrogens with zero attached hydrogens (tertiary/aromatic N) is 5. The number of carbonyl (C=O) groups excluding carboxylic acids is 1. The number of anilines is 1. The molecular weight excluding hydrogens is 522 g/mol. The van der Waals surface area contributed by atoms with Gasteiger partial charge in [0.1, 0.15) is 15.8 Å². The number of piperazine rings is 1. The molecule has 1 amide bonds. The Hall–Kier alpha value is -3.41. The molecule has 2 fully saturated rings. The second-order valence-electron chi connectivity index (χ2n) is 9.37. The standard InChI is InChI=1S/C27H27N5O4S2/c1-2-8-32-26(34)22(38-27(32)37)15-19-24(28-23-5-3-4-9-31(23)25(19)33)30-12-10-29(11-13-30)16-18-6-7-20-21(14-18)36-17-35-20/h3-7,9,14-15H,2,8,10-13,16-17H2,1H3. The predicted molar refractivity (Wildman–Crippen MR) is 152 cm³/mol. The Bertz CT molecular complexity index is 1510. The maximum atomic E-state index is 13.6. The molecule has 38 heavy (non-hydrogen) atoms. The van der Waals surface area contributed by atoms with Gasteiger partial charge < -0.3 is 14.4 Å². The van der Waals surface area contributed by atoms with Crippen LogP contribution in [0.15, 0.2) is 52.3 Å². The van der Waals surface area contributed by atoms with Gasteiger partial charge >= 0.3 is 0 Å². The average molecular weight is 550 g/mol. The first kappa shape index (κ1) is 24.9. The Kier molecular flexibility index (Phi) is 6.81. The highest BCUT2D eigenvalue weighted by molar-refractivity contribution is 8.26. The first-order valence-corrected chi connectivity index (χ1v) is 13.9. The zero-order chi connectivity index (χ0) is 26.2. The van der Waals surface area contributed by atoms with Gasteiger partial charge in [-0.25, -0.2) is 4.98 Å². The lowest BCUT2D eigenvalue weighted by Gasteiger charge is -2.36. The lowest BCUT2D eigenvalue weighted by molar-refractivity contribution is -0.122. The fourth-order valence-electron chi connectivity index (χ4n) is 4.92. The Morgan fingerprint density at radius 1 is 1.08 bits per heavy atom. The van der Waals surface area contributed by atoms with Crippen molar-refractivity contribution in [1.29, 1.82) is 0 Å². The van der Waals surface area contributed by atoms with Crippen LogP contribution >= 0.6 is 24.0 Å². The van der Waals surface area contributed by atoms with Crippen molar-refractivity contribution < 1.29 is 14.3 Å². The van der Waals surface area contributed by atoms with Gasteiger partial charge in [-0.15, -0.1) is 0 Å². The lowest BCUT2D eigenvalue weighted by atomic mass is 10.1.